The predicted molar refractivity (Wildman–Crippen MR) is 140 cm³/mol. The van der Waals surface area contributed by atoms with Crippen LogP contribution in [0.15, 0.2) is 48.5 Å². The molecule has 35 heavy (non-hydrogen) atoms. The minimum absolute atomic E-state index is 0.290. The van der Waals surface area contributed by atoms with E-state index in [0.29, 0.717) is 25.2 Å². The second kappa shape index (κ2) is 12.1. The third-order valence-corrected chi connectivity index (χ3v) is 7.41. The van der Waals surface area contributed by atoms with E-state index in [9.17, 15) is 0 Å². The van der Waals surface area contributed by atoms with E-state index in [1.807, 2.05) is 0 Å². The van der Waals surface area contributed by atoms with Crippen LogP contribution in [0.4, 0.5) is 0 Å². The fourth-order valence-electron chi connectivity index (χ4n) is 4.97. The maximum atomic E-state index is 6.14. The highest BCUT2D eigenvalue weighted by atomic mass is 16.6. The zero-order valence-corrected chi connectivity index (χ0v) is 21.2. The Hall–Kier alpha value is -2.30. The van der Waals surface area contributed by atoms with Gasteiger partial charge in [-0.25, -0.2) is 0 Å². The summed E-state index contributed by atoms with van der Waals surface area (Å²) in [4.78, 5) is 0. The third kappa shape index (κ3) is 7.35. The van der Waals surface area contributed by atoms with Gasteiger partial charge in [0.1, 0.15) is 36.9 Å². The first-order valence-electron chi connectivity index (χ1n) is 13.7. The van der Waals surface area contributed by atoms with E-state index in [-0.39, 0.29) is 6.10 Å². The Morgan fingerprint density at radius 1 is 0.857 bits per heavy atom. The average Bonchev–Trinajstić information content (AvgIpc) is 3.82. The van der Waals surface area contributed by atoms with Crippen LogP contribution in [0.2, 0.25) is 0 Å². The molecule has 4 heteroatoms. The first-order valence-corrected chi connectivity index (χ1v) is 13.7. The number of hydrogen-bond donors (Lipinski definition) is 0. The summed E-state index contributed by atoms with van der Waals surface area (Å²) in [6.45, 7) is 5.27. The van der Waals surface area contributed by atoms with Gasteiger partial charge in [-0.3, -0.25) is 0 Å². The smallest absolute Gasteiger partial charge is 0.122 e. The van der Waals surface area contributed by atoms with Gasteiger partial charge in [0.15, 0.2) is 0 Å². The van der Waals surface area contributed by atoms with Crippen molar-refractivity contribution in [2.24, 2.45) is 0 Å². The number of benzene rings is 2. The molecule has 0 spiro atoms. The molecule has 0 amide bonds. The van der Waals surface area contributed by atoms with E-state index in [4.69, 9.17) is 18.9 Å². The van der Waals surface area contributed by atoms with Crippen LogP contribution in [0.3, 0.4) is 0 Å². The lowest BCUT2D eigenvalue weighted by Crippen LogP contribution is -2.07. The van der Waals surface area contributed by atoms with Crippen molar-refractivity contribution in [3.05, 3.63) is 65.2 Å². The minimum atomic E-state index is 0.290. The molecule has 1 aliphatic carbocycles. The predicted octanol–water partition coefficient (Wildman–Crippen LogP) is 7.11. The summed E-state index contributed by atoms with van der Waals surface area (Å²) < 4.78 is 22.5. The van der Waals surface area contributed by atoms with E-state index < -0.39 is 0 Å². The van der Waals surface area contributed by atoms with Gasteiger partial charge in [-0.05, 0) is 84.6 Å². The fraction of sp³-hybridized carbons (Fsp3) is 0.548. The van der Waals surface area contributed by atoms with Crippen LogP contribution in [-0.2, 0) is 15.9 Å². The number of epoxide rings is 2. The second-order valence-electron chi connectivity index (χ2n) is 10.3. The molecule has 0 radical (unpaired) electrons. The van der Waals surface area contributed by atoms with Crippen LogP contribution >= 0.6 is 0 Å². The van der Waals surface area contributed by atoms with Gasteiger partial charge < -0.3 is 18.9 Å². The molecule has 2 heterocycles. The quantitative estimate of drug-likeness (QED) is 0.215. The van der Waals surface area contributed by atoms with Crippen LogP contribution in [0.1, 0.15) is 80.9 Å². The normalized spacial score (nSPS) is 23.0. The highest BCUT2D eigenvalue weighted by molar-refractivity contribution is 5.68. The molecule has 188 valence electrons. The fourth-order valence-corrected chi connectivity index (χ4v) is 4.97. The van der Waals surface area contributed by atoms with Crippen LogP contribution in [0, 0.1) is 0 Å². The highest BCUT2D eigenvalue weighted by Crippen LogP contribution is 2.38. The number of ether oxygens (including phenoxy) is 4. The molecule has 3 unspecified atom stereocenters. The Bertz CT molecular complexity index is 972. The van der Waals surface area contributed by atoms with Crippen molar-refractivity contribution in [1.29, 1.82) is 0 Å². The largest absolute Gasteiger partial charge is 0.491 e. The van der Waals surface area contributed by atoms with Gasteiger partial charge in [-0.1, -0.05) is 56.9 Å². The van der Waals surface area contributed by atoms with Crippen LogP contribution < -0.4 is 9.47 Å². The Kier molecular flexibility index (Phi) is 8.43. The van der Waals surface area contributed by atoms with E-state index >= 15 is 0 Å². The Labute approximate surface area is 210 Å². The molecular formula is C31H40O4. The van der Waals surface area contributed by atoms with Gasteiger partial charge in [0.05, 0.1) is 13.2 Å². The topological polar surface area (TPSA) is 43.5 Å². The molecule has 0 aromatic heterocycles. The Balaban J connectivity index is 1.20. The van der Waals surface area contributed by atoms with E-state index in [1.165, 1.54) is 60.8 Å². The van der Waals surface area contributed by atoms with Crippen molar-refractivity contribution in [1.82, 2.24) is 0 Å². The maximum Gasteiger partial charge on any atom is 0.122 e. The Morgan fingerprint density at radius 3 is 2.29 bits per heavy atom. The van der Waals surface area contributed by atoms with Crippen molar-refractivity contribution >= 4 is 5.57 Å². The zero-order valence-electron chi connectivity index (χ0n) is 21.2. The zero-order chi connectivity index (χ0) is 23.9. The summed E-state index contributed by atoms with van der Waals surface area (Å²) in [6, 6.07) is 15.5. The number of unbranched alkanes of at least 4 members (excludes halogenated alkanes) is 4. The SMILES string of the molecule is CCCCCCCc1cc(C2=CCC(c3ccc(OCC4CO4)cc3)CC2)ccc1OCC1CO1. The summed E-state index contributed by atoms with van der Waals surface area (Å²) >= 11 is 0. The number of allylic oxidation sites excluding steroid dienone is 2. The molecule has 2 fully saturated rings. The summed E-state index contributed by atoms with van der Waals surface area (Å²) in [5, 5.41) is 0. The monoisotopic (exact) mass is 476 g/mol. The maximum absolute atomic E-state index is 6.14. The van der Waals surface area contributed by atoms with Crippen LogP contribution in [-0.4, -0.2) is 38.6 Å². The molecule has 2 aliphatic heterocycles. The minimum Gasteiger partial charge on any atom is -0.491 e. The van der Waals surface area contributed by atoms with Gasteiger partial charge >= 0.3 is 0 Å². The molecule has 2 aromatic carbocycles. The molecular weight excluding hydrogens is 436 g/mol. The molecule has 0 N–H and O–H groups in total. The summed E-state index contributed by atoms with van der Waals surface area (Å²) in [5.41, 5.74) is 5.62. The van der Waals surface area contributed by atoms with Crippen molar-refractivity contribution in [3.8, 4) is 11.5 Å². The van der Waals surface area contributed by atoms with Gasteiger partial charge in [0, 0.05) is 0 Å². The summed E-state index contributed by atoms with van der Waals surface area (Å²) in [7, 11) is 0. The molecule has 0 saturated carbocycles. The van der Waals surface area contributed by atoms with Crippen molar-refractivity contribution in [2.45, 2.75) is 82.8 Å². The van der Waals surface area contributed by atoms with Gasteiger partial charge in [-0.2, -0.15) is 0 Å². The lowest BCUT2D eigenvalue weighted by Gasteiger charge is -2.23. The second-order valence-corrected chi connectivity index (χ2v) is 10.3. The van der Waals surface area contributed by atoms with Gasteiger partial charge in [0.25, 0.3) is 0 Å². The van der Waals surface area contributed by atoms with Crippen molar-refractivity contribution in [3.63, 3.8) is 0 Å². The summed E-state index contributed by atoms with van der Waals surface area (Å²) in [5.74, 6) is 2.57. The number of hydrogen-bond acceptors (Lipinski definition) is 4. The van der Waals surface area contributed by atoms with Crippen molar-refractivity contribution < 1.29 is 18.9 Å². The summed E-state index contributed by atoms with van der Waals surface area (Å²) in [6.07, 6.45) is 14.0. The van der Waals surface area contributed by atoms with Gasteiger partial charge in [-0.15, -0.1) is 0 Å². The molecule has 3 aliphatic rings. The lowest BCUT2D eigenvalue weighted by atomic mass is 9.82. The van der Waals surface area contributed by atoms with E-state index in [1.54, 1.807) is 0 Å². The third-order valence-electron chi connectivity index (χ3n) is 7.41. The lowest BCUT2D eigenvalue weighted by molar-refractivity contribution is 0.261. The molecule has 2 saturated heterocycles. The highest BCUT2D eigenvalue weighted by Gasteiger charge is 2.24. The molecule has 5 rings (SSSR count). The van der Waals surface area contributed by atoms with Gasteiger partial charge in [0.2, 0.25) is 0 Å². The molecule has 4 nitrogen and oxygen atoms in total. The van der Waals surface area contributed by atoms with Crippen LogP contribution in [0.5, 0.6) is 11.5 Å². The molecule has 3 atom stereocenters. The average molecular weight is 477 g/mol. The first-order chi connectivity index (χ1) is 17.3. The van der Waals surface area contributed by atoms with Crippen molar-refractivity contribution in [2.75, 3.05) is 26.4 Å². The van der Waals surface area contributed by atoms with E-state index in [2.05, 4.69) is 55.5 Å². The first kappa shape index (κ1) is 24.4. The number of rotatable bonds is 14. The molecule has 0 bridgehead atoms. The Morgan fingerprint density at radius 2 is 1.60 bits per heavy atom. The molecule has 2 aromatic rings. The standard InChI is InChI=1S/C31H40O4/c1-2-3-4-5-6-7-27-18-26(14-17-31(27)35-22-30-21-34-30)25-10-8-23(9-11-25)24-12-15-28(16-13-24)32-19-29-20-33-29/h10,12-18,23,29-30H,2-9,11,19-22H2,1H3. The number of aryl methyl sites for hydroxylation is 1. The van der Waals surface area contributed by atoms with E-state index in [0.717, 1.165) is 44.0 Å². The van der Waals surface area contributed by atoms with Crippen LogP contribution in [0.25, 0.3) is 5.57 Å².